The summed E-state index contributed by atoms with van der Waals surface area (Å²) in [5, 5.41) is 2.80. The standard InChI is InChI=1S/C28H31N5O4S/c1-4-32(5-2)13-14-33-17-25-26(28(33)35)18(3)24(29-25)16-22-21-15-20(11-12-23(21)30-27(22)34)38(36,37)31-19-9-7-6-8-10-19/h6-12,15-16,29,31H,4-5,13-14,17H2,1-3H3,(H,30,34)/b22-16-. The summed E-state index contributed by atoms with van der Waals surface area (Å²) < 4.78 is 28.6. The zero-order valence-electron chi connectivity index (χ0n) is 21.7. The molecule has 0 saturated carbocycles. The number of aromatic nitrogens is 1. The Morgan fingerprint density at radius 3 is 2.50 bits per heavy atom. The Morgan fingerprint density at radius 1 is 1.08 bits per heavy atom. The number of anilines is 2. The van der Waals surface area contributed by atoms with Crippen LogP contribution in [-0.4, -0.2) is 61.2 Å². The second-order valence-corrected chi connectivity index (χ2v) is 11.1. The number of nitrogens with zero attached hydrogens (tertiary/aromatic N) is 2. The van der Waals surface area contributed by atoms with Gasteiger partial charge in [-0.25, -0.2) is 8.42 Å². The second kappa shape index (κ2) is 10.1. The molecule has 38 heavy (non-hydrogen) atoms. The lowest BCUT2D eigenvalue weighted by Crippen LogP contribution is -2.35. The van der Waals surface area contributed by atoms with Crippen molar-refractivity contribution in [2.75, 3.05) is 36.2 Å². The molecule has 0 unspecified atom stereocenters. The summed E-state index contributed by atoms with van der Waals surface area (Å²) in [4.78, 5) is 33.5. The fraction of sp³-hybridized carbons (Fsp3) is 0.286. The number of likely N-dealkylation sites (N-methyl/N-ethyl adjacent to an activating group) is 1. The zero-order chi connectivity index (χ0) is 27.0. The van der Waals surface area contributed by atoms with Gasteiger partial charge >= 0.3 is 0 Å². The number of carbonyl (C=O) groups excluding carboxylic acids is 2. The highest BCUT2D eigenvalue weighted by molar-refractivity contribution is 7.92. The molecule has 3 heterocycles. The minimum atomic E-state index is -3.86. The van der Waals surface area contributed by atoms with E-state index in [2.05, 4.69) is 33.8 Å². The van der Waals surface area contributed by atoms with Crippen molar-refractivity contribution in [1.82, 2.24) is 14.8 Å². The topological polar surface area (TPSA) is 115 Å². The van der Waals surface area contributed by atoms with Gasteiger partial charge in [-0.3, -0.25) is 14.3 Å². The number of aromatic amines is 1. The van der Waals surface area contributed by atoms with Gasteiger partial charge in [0.2, 0.25) is 0 Å². The van der Waals surface area contributed by atoms with Crippen molar-refractivity contribution in [3.63, 3.8) is 0 Å². The zero-order valence-corrected chi connectivity index (χ0v) is 22.5. The van der Waals surface area contributed by atoms with Gasteiger partial charge in [0.25, 0.3) is 21.8 Å². The Bertz CT molecular complexity index is 1540. The molecular formula is C28H31N5O4S. The molecule has 9 nitrogen and oxygen atoms in total. The maximum Gasteiger partial charge on any atom is 0.261 e. The normalized spacial score (nSPS) is 15.8. The number of H-pyrrole nitrogens is 1. The Balaban J connectivity index is 1.41. The van der Waals surface area contributed by atoms with E-state index in [-0.39, 0.29) is 16.7 Å². The lowest BCUT2D eigenvalue weighted by molar-refractivity contribution is -0.110. The van der Waals surface area contributed by atoms with Crippen LogP contribution in [0.4, 0.5) is 11.4 Å². The van der Waals surface area contributed by atoms with E-state index in [1.165, 1.54) is 12.1 Å². The fourth-order valence-electron chi connectivity index (χ4n) is 4.98. The van der Waals surface area contributed by atoms with Crippen LogP contribution in [-0.2, 0) is 21.4 Å². The fourth-order valence-corrected chi connectivity index (χ4v) is 6.06. The molecule has 2 amide bonds. The predicted octanol–water partition coefficient (Wildman–Crippen LogP) is 3.91. The first-order chi connectivity index (χ1) is 18.2. The number of hydrogen-bond donors (Lipinski definition) is 3. The molecule has 3 N–H and O–H groups in total. The number of para-hydroxylation sites is 1. The molecule has 2 aliphatic heterocycles. The van der Waals surface area contributed by atoms with Crippen molar-refractivity contribution in [2.45, 2.75) is 32.2 Å². The van der Waals surface area contributed by atoms with Crippen LogP contribution in [0.5, 0.6) is 0 Å². The van der Waals surface area contributed by atoms with Gasteiger partial charge in [0.05, 0.1) is 22.6 Å². The number of nitrogens with one attached hydrogen (secondary N) is 3. The van der Waals surface area contributed by atoms with E-state index >= 15 is 0 Å². The molecule has 1 aromatic heterocycles. The molecule has 0 bridgehead atoms. The summed E-state index contributed by atoms with van der Waals surface area (Å²) in [5.41, 5.74) is 4.75. The van der Waals surface area contributed by atoms with E-state index in [1.807, 2.05) is 11.8 Å². The number of benzene rings is 2. The maximum absolute atomic E-state index is 13.1. The first-order valence-electron chi connectivity index (χ1n) is 12.7. The molecule has 0 spiro atoms. The van der Waals surface area contributed by atoms with Gasteiger partial charge in [-0.2, -0.15) is 0 Å². The number of rotatable bonds is 9. The van der Waals surface area contributed by atoms with Gasteiger partial charge in [0.1, 0.15) is 0 Å². The first-order valence-corrected chi connectivity index (χ1v) is 14.2. The highest BCUT2D eigenvalue weighted by atomic mass is 32.2. The van der Waals surface area contributed by atoms with Crippen molar-refractivity contribution in [1.29, 1.82) is 0 Å². The van der Waals surface area contributed by atoms with Crippen LogP contribution in [0.15, 0.2) is 53.4 Å². The van der Waals surface area contributed by atoms with E-state index in [4.69, 9.17) is 0 Å². The van der Waals surface area contributed by atoms with E-state index in [9.17, 15) is 18.0 Å². The Morgan fingerprint density at radius 2 is 1.82 bits per heavy atom. The predicted molar refractivity (Wildman–Crippen MR) is 148 cm³/mol. The molecule has 0 fully saturated rings. The highest BCUT2D eigenvalue weighted by Crippen LogP contribution is 2.37. The molecular weight excluding hydrogens is 502 g/mol. The van der Waals surface area contributed by atoms with Gasteiger partial charge in [-0.1, -0.05) is 32.0 Å². The lowest BCUT2D eigenvalue weighted by atomic mass is 10.0. The smallest absolute Gasteiger partial charge is 0.261 e. The molecule has 198 valence electrons. The quantitative estimate of drug-likeness (QED) is 0.361. The van der Waals surface area contributed by atoms with Gasteiger partial charge in [-0.15, -0.1) is 0 Å². The van der Waals surface area contributed by atoms with Crippen LogP contribution in [0, 0.1) is 6.92 Å². The third-order valence-corrected chi connectivity index (χ3v) is 8.57. The third-order valence-electron chi connectivity index (χ3n) is 7.20. The van der Waals surface area contributed by atoms with Gasteiger partial charge < -0.3 is 20.1 Å². The minimum absolute atomic E-state index is 0.0119. The summed E-state index contributed by atoms with van der Waals surface area (Å²) >= 11 is 0. The van der Waals surface area contributed by atoms with E-state index < -0.39 is 10.0 Å². The van der Waals surface area contributed by atoms with Crippen molar-refractivity contribution >= 4 is 44.9 Å². The van der Waals surface area contributed by atoms with Gasteiger partial charge in [0.15, 0.2) is 0 Å². The largest absolute Gasteiger partial charge is 0.357 e. The highest BCUT2D eigenvalue weighted by Gasteiger charge is 2.33. The Labute approximate surface area is 222 Å². The molecule has 0 saturated heterocycles. The second-order valence-electron chi connectivity index (χ2n) is 9.46. The van der Waals surface area contributed by atoms with E-state index in [0.717, 1.165) is 30.9 Å². The molecule has 3 aromatic rings. The van der Waals surface area contributed by atoms with E-state index in [0.29, 0.717) is 46.9 Å². The van der Waals surface area contributed by atoms with Gasteiger partial charge in [0, 0.05) is 41.4 Å². The summed E-state index contributed by atoms with van der Waals surface area (Å²) in [7, 11) is -3.86. The van der Waals surface area contributed by atoms with Crippen LogP contribution in [0.3, 0.4) is 0 Å². The summed E-state index contributed by atoms with van der Waals surface area (Å²) in [6.07, 6.45) is 1.70. The average molecular weight is 534 g/mol. The summed E-state index contributed by atoms with van der Waals surface area (Å²) in [6, 6.07) is 13.2. The van der Waals surface area contributed by atoms with Gasteiger partial charge in [-0.05, 0) is 62.0 Å². The monoisotopic (exact) mass is 533 g/mol. The van der Waals surface area contributed by atoms with Crippen LogP contribution in [0.1, 0.15) is 46.7 Å². The van der Waals surface area contributed by atoms with E-state index in [1.54, 1.807) is 42.5 Å². The van der Waals surface area contributed by atoms with Crippen LogP contribution in [0.25, 0.3) is 11.6 Å². The molecule has 2 aromatic carbocycles. The molecule has 0 aliphatic carbocycles. The SMILES string of the molecule is CCN(CC)CCN1Cc2[nH]c(/C=C3\C(=O)Nc4ccc(S(=O)(=O)Nc5ccccc5)cc43)c(C)c2C1=O. The first kappa shape index (κ1) is 25.7. The molecule has 5 rings (SSSR count). The lowest BCUT2D eigenvalue weighted by Gasteiger charge is -2.22. The van der Waals surface area contributed by atoms with Crippen molar-refractivity contribution in [3.05, 3.63) is 76.6 Å². The number of sulfonamides is 1. The molecule has 0 atom stereocenters. The number of carbonyl (C=O) groups is 2. The van der Waals surface area contributed by atoms with Crippen LogP contribution < -0.4 is 10.0 Å². The van der Waals surface area contributed by atoms with Crippen LogP contribution >= 0.6 is 0 Å². The maximum atomic E-state index is 13.1. The van der Waals surface area contributed by atoms with Crippen molar-refractivity contribution in [2.24, 2.45) is 0 Å². The van der Waals surface area contributed by atoms with Crippen molar-refractivity contribution < 1.29 is 18.0 Å². The number of amides is 2. The Kier molecular flexibility index (Phi) is 6.85. The number of hydrogen-bond acceptors (Lipinski definition) is 5. The summed E-state index contributed by atoms with van der Waals surface area (Å²) in [6.45, 7) is 9.93. The molecule has 10 heteroatoms. The average Bonchev–Trinajstić information content (AvgIpc) is 3.50. The third kappa shape index (κ3) is 4.72. The molecule has 0 radical (unpaired) electrons. The number of fused-ring (bicyclic) bond motifs is 2. The summed E-state index contributed by atoms with van der Waals surface area (Å²) in [5.74, 6) is -0.339. The minimum Gasteiger partial charge on any atom is -0.357 e. The Hall–Kier alpha value is -3.89. The van der Waals surface area contributed by atoms with Crippen molar-refractivity contribution in [3.8, 4) is 0 Å². The molecule has 2 aliphatic rings. The van der Waals surface area contributed by atoms with Crippen LogP contribution in [0.2, 0.25) is 0 Å².